The lowest BCUT2D eigenvalue weighted by molar-refractivity contribution is 0.290. The Balaban J connectivity index is 2.17. The minimum atomic E-state index is -0.435. The molecule has 0 aliphatic rings. The Labute approximate surface area is 118 Å². The van der Waals surface area contributed by atoms with Crippen molar-refractivity contribution >= 4 is 21.8 Å². The summed E-state index contributed by atoms with van der Waals surface area (Å²) >= 11 is 3.18. The van der Waals surface area contributed by atoms with Gasteiger partial charge < -0.3 is 10.5 Å². The van der Waals surface area contributed by atoms with E-state index in [1.165, 1.54) is 6.07 Å². The molecular formula is C14H12BrFN2O. The minimum absolute atomic E-state index is 0.0320. The molecule has 0 heterocycles. The molecule has 0 bridgehead atoms. The number of benzene rings is 2. The average molecular weight is 323 g/mol. The molecule has 0 aliphatic heterocycles. The second-order valence-electron chi connectivity index (χ2n) is 3.93. The van der Waals surface area contributed by atoms with E-state index < -0.39 is 5.82 Å². The largest absolute Gasteiger partial charge is 0.486 e. The number of nitrogens with one attached hydrogen (secondary N) is 1. The van der Waals surface area contributed by atoms with Crippen LogP contribution in [0.3, 0.4) is 0 Å². The highest BCUT2D eigenvalue weighted by molar-refractivity contribution is 9.10. The highest BCUT2D eigenvalue weighted by atomic mass is 79.9. The number of nitrogens with two attached hydrogens (primary N) is 1. The number of nitrogen functional groups attached to an aromatic ring is 1. The number of hydrogen-bond donors (Lipinski definition) is 2. The van der Waals surface area contributed by atoms with E-state index in [9.17, 15) is 4.39 Å². The van der Waals surface area contributed by atoms with E-state index in [-0.39, 0.29) is 18.2 Å². The minimum Gasteiger partial charge on any atom is -0.486 e. The van der Waals surface area contributed by atoms with Crippen LogP contribution in [0.2, 0.25) is 0 Å². The lowest BCUT2D eigenvalue weighted by atomic mass is 10.1. The molecule has 19 heavy (non-hydrogen) atoms. The average Bonchev–Trinajstić information content (AvgIpc) is 2.38. The first kappa shape index (κ1) is 13.5. The first-order valence-electron chi connectivity index (χ1n) is 5.58. The maximum absolute atomic E-state index is 13.6. The van der Waals surface area contributed by atoms with Gasteiger partial charge >= 0.3 is 0 Å². The number of ether oxygens (including phenoxy) is 1. The number of rotatable bonds is 4. The Hall–Kier alpha value is -1.88. The Morgan fingerprint density at radius 1 is 1.26 bits per heavy atom. The molecule has 0 radical (unpaired) electrons. The quantitative estimate of drug-likeness (QED) is 0.669. The summed E-state index contributed by atoms with van der Waals surface area (Å²) < 4.78 is 19.7. The summed E-state index contributed by atoms with van der Waals surface area (Å²) in [6, 6.07) is 11.7. The third kappa shape index (κ3) is 3.32. The Bertz CT molecular complexity index is 616. The summed E-state index contributed by atoms with van der Waals surface area (Å²) in [7, 11) is 0. The fourth-order valence-corrected chi connectivity index (χ4v) is 1.99. The molecule has 0 saturated carbocycles. The van der Waals surface area contributed by atoms with E-state index in [1.807, 2.05) is 6.07 Å². The van der Waals surface area contributed by atoms with Gasteiger partial charge in [-0.15, -0.1) is 0 Å². The molecule has 5 heteroatoms. The van der Waals surface area contributed by atoms with Crippen LogP contribution in [0.4, 0.5) is 4.39 Å². The smallest absolute Gasteiger partial charge is 0.166 e. The standard InChI is InChI=1S/C14H12BrFN2O/c15-10-5-6-13(12(16)7-10)19-8-9-3-1-2-4-11(9)14(17)18/h1-7H,8H2,(H3,17,18). The van der Waals surface area contributed by atoms with Crippen LogP contribution in [-0.2, 0) is 6.61 Å². The molecule has 0 atom stereocenters. The van der Waals surface area contributed by atoms with Gasteiger partial charge in [0.25, 0.3) is 0 Å². The summed E-state index contributed by atoms with van der Waals surface area (Å²) in [4.78, 5) is 0. The zero-order valence-corrected chi connectivity index (χ0v) is 11.6. The molecule has 0 aromatic heterocycles. The van der Waals surface area contributed by atoms with Crippen molar-refractivity contribution in [2.45, 2.75) is 6.61 Å². The van der Waals surface area contributed by atoms with Gasteiger partial charge in [-0.2, -0.15) is 0 Å². The van der Waals surface area contributed by atoms with Crippen molar-refractivity contribution in [3.8, 4) is 5.75 Å². The van der Waals surface area contributed by atoms with E-state index in [2.05, 4.69) is 15.9 Å². The fraction of sp³-hybridized carbons (Fsp3) is 0.0714. The zero-order chi connectivity index (χ0) is 13.8. The molecular weight excluding hydrogens is 311 g/mol. The predicted octanol–water partition coefficient (Wildman–Crippen LogP) is 3.45. The van der Waals surface area contributed by atoms with E-state index in [4.69, 9.17) is 15.9 Å². The van der Waals surface area contributed by atoms with Gasteiger partial charge in [0.15, 0.2) is 11.6 Å². The van der Waals surface area contributed by atoms with Gasteiger partial charge in [-0.3, -0.25) is 5.41 Å². The van der Waals surface area contributed by atoms with Gasteiger partial charge in [0.1, 0.15) is 12.4 Å². The fourth-order valence-electron chi connectivity index (χ4n) is 1.66. The normalized spacial score (nSPS) is 10.2. The van der Waals surface area contributed by atoms with Crippen molar-refractivity contribution in [3.05, 3.63) is 63.9 Å². The van der Waals surface area contributed by atoms with Gasteiger partial charge in [0.05, 0.1) is 0 Å². The zero-order valence-electron chi connectivity index (χ0n) is 9.99. The summed E-state index contributed by atoms with van der Waals surface area (Å²) in [5.74, 6) is -0.299. The molecule has 2 aromatic carbocycles. The van der Waals surface area contributed by atoms with Crippen LogP contribution in [0.25, 0.3) is 0 Å². The molecule has 2 aromatic rings. The van der Waals surface area contributed by atoms with Crippen LogP contribution in [0.15, 0.2) is 46.9 Å². The van der Waals surface area contributed by atoms with Crippen molar-refractivity contribution in [2.75, 3.05) is 0 Å². The van der Waals surface area contributed by atoms with Crippen LogP contribution in [0.1, 0.15) is 11.1 Å². The molecule has 0 aliphatic carbocycles. The highest BCUT2D eigenvalue weighted by Crippen LogP contribution is 2.22. The van der Waals surface area contributed by atoms with Crippen molar-refractivity contribution in [1.29, 1.82) is 5.41 Å². The van der Waals surface area contributed by atoms with E-state index in [0.29, 0.717) is 10.0 Å². The monoisotopic (exact) mass is 322 g/mol. The molecule has 3 N–H and O–H groups in total. The Kier molecular flexibility index (Phi) is 4.16. The molecule has 0 amide bonds. The van der Waals surface area contributed by atoms with Crippen molar-refractivity contribution in [3.63, 3.8) is 0 Å². The molecule has 3 nitrogen and oxygen atoms in total. The number of halogens is 2. The van der Waals surface area contributed by atoms with Crippen LogP contribution < -0.4 is 10.5 Å². The molecule has 2 rings (SSSR count). The lowest BCUT2D eigenvalue weighted by Gasteiger charge is -2.10. The predicted molar refractivity (Wildman–Crippen MR) is 75.9 cm³/mol. The maximum atomic E-state index is 13.6. The Morgan fingerprint density at radius 3 is 2.68 bits per heavy atom. The second-order valence-corrected chi connectivity index (χ2v) is 4.85. The third-order valence-electron chi connectivity index (χ3n) is 2.58. The second kappa shape index (κ2) is 5.84. The SMILES string of the molecule is N=C(N)c1ccccc1COc1ccc(Br)cc1F. The maximum Gasteiger partial charge on any atom is 0.166 e. The summed E-state index contributed by atoms with van der Waals surface area (Å²) in [6.07, 6.45) is 0. The van der Waals surface area contributed by atoms with E-state index in [0.717, 1.165) is 5.56 Å². The molecule has 0 fully saturated rings. The van der Waals surface area contributed by atoms with Gasteiger partial charge in [-0.25, -0.2) is 4.39 Å². The summed E-state index contributed by atoms with van der Waals surface area (Å²) in [6.45, 7) is 0.161. The first-order chi connectivity index (χ1) is 9.08. The van der Waals surface area contributed by atoms with E-state index >= 15 is 0 Å². The Morgan fingerprint density at radius 2 is 2.00 bits per heavy atom. The number of amidine groups is 1. The van der Waals surface area contributed by atoms with Crippen LogP contribution >= 0.6 is 15.9 Å². The molecule has 98 valence electrons. The third-order valence-corrected chi connectivity index (χ3v) is 3.08. The number of hydrogen-bond acceptors (Lipinski definition) is 2. The summed E-state index contributed by atoms with van der Waals surface area (Å²) in [5.41, 5.74) is 6.83. The van der Waals surface area contributed by atoms with Gasteiger partial charge in [0, 0.05) is 15.6 Å². The van der Waals surface area contributed by atoms with Crippen LogP contribution in [0.5, 0.6) is 5.75 Å². The van der Waals surface area contributed by atoms with Crippen molar-refractivity contribution in [1.82, 2.24) is 0 Å². The van der Waals surface area contributed by atoms with Crippen LogP contribution in [-0.4, -0.2) is 5.84 Å². The van der Waals surface area contributed by atoms with Gasteiger partial charge in [0.2, 0.25) is 0 Å². The van der Waals surface area contributed by atoms with Crippen LogP contribution in [0, 0.1) is 11.2 Å². The molecule has 0 saturated heterocycles. The summed E-state index contributed by atoms with van der Waals surface area (Å²) in [5, 5.41) is 7.47. The molecule has 0 spiro atoms. The van der Waals surface area contributed by atoms with Crippen molar-refractivity contribution < 1.29 is 9.13 Å². The van der Waals surface area contributed by atoms with Gasteiger partial charge in [-0.1, -0.05) is 40.2 Å². The van der Waals surface area contributed by atoms with E-state index in [1.54, 1.807) is 30.3 Å². The first-order valence-corrected chi connectivity index (χ1v) is 6.37. The molecule has 0 unspecified atom stereocenters. The lowest BCUT2D eigenvalue weighted by Crippen LogP contribution is -2.14. The highest BCUT2D eigenvalue weighted by Gasteiger charge is 2.08. The van der Waals surface area contributed by atoms with Crippen molar-refractivity contribution in [2.24, 2.45) is 5.73 Å². The van der Waals surface area contributed by atoms with Gasteiger partial charge in [-0.05, 0) is 18.2 Å². The topological polar surface area (TPSA) is 59.1 Å².